The van der Waals surface area contributed by atoms with E-state index in [1.165, 1.54) is 0 Å². The zero-order valence-electron chi connectivity index (χ0n) is 15.2. The summed E-state index contributed by atoms with van der Waals surface area (Å²) in [5.41, 5.74) is 5.81. The van der Waals surface area contributed by atoms with Crippen LogP contribution < -0.4 is 16.4 Å². The molecule has 26 heavy (non-hydrogen) atoms. The third-order valence-corrected chi connectivity index (χ3v) is 4.66. The fraction of sp³-hybridized carbons (Fsp3) is 0.706. The lowest BCUT2D eigenvalue weighted by Gasteiger charge is -2.26. The van der Waals surface area contributed by atoms with E-state index in [4.69, 9.17) is 10.5 Å². The number of carbonyl (C=O) groups excluding carboxylic acids is 1. The van der Waals surface area contributed by atoms with Gasteiger partial charge in [0.2, 0.25) is 11.9 Å². The van der Waals surface area contributed by atoms with Gasteiger partial charge in [-0.25, -0.2) is 0 Å². The normalized spacial score (nSPS) is 18.3. The molecule has 9 nitrogen and oxygen atoms in total. The van der Waals surface area contributed by atoms with Crippen molar-refractivity contribution in [2.24, 2.45) is 0 Å². The van der Waals surface area contributed by atoms with Crippen LogP contribution in [0.5, 0.6) is 0 Å². The predicted octanol–water partition coefficient (Wildman–Crippen LogP) is 0.227. The molecule has 0 radical (unpaired) electrons. The number of nitrogens with two attached hydrogens (primary N) is 1. The highest BCUT2D eigenvalue weighted by Crippen LogP contribution is 2.13. The number of likely N-dealkylation sites (tertiary alicyclic amines) is 1. The molecule has 144 valence electrons. The number of nitrogens with one attached hydrogen (secondary N) is 2. The monoisotopic (exact) mass is 363 g/mol. The Hall–Kier alpha value is -2.13. The fourth-order valence-corrected chi connectivity index (χ4v) is 3.24. The van der Waals surface area contributed by atoms with Crippen molar-refractivity contribution < 1.29 is 9.53 Å². The summed E-state index contributed by atoms with van der Waals surface area (Å²) in [7, 11) is 0. The molecule has 1 amide bonds. The van der Waals surface area contributed by atoms with Gasteiger partial charge in [-0.3, -0.25) is 9.69 Å². The van der Waals surface area contributed by atoms with Gasteiger partial charge < -0.3 is 26.0 Å². The fourth-order valence-electron chi connectivity index (χ4n) is 3.24. The van der Waals surface area contributed by atoms with Gasteiger partial charge in [0, 0.05) is 58.3 Å². The minimum absolute atomic E-state index is 0.249. The van der Waals surface area contributed by atoms with E-state index in [0.29, 0.717) is 12.2 Å². The first-order valence-corrected chi connectivity index (χ1v) is 9.41. The molecule has 1 aromatic rings. The van der Waals surface area contributed by atoms with Crippen LogP contribution in [0.15, 0.2) is 6.07 Å². The summed E-state index contributed by atoms with van der Waals surface area (Å²) in [6.07, 6.45) is 2.55. The number of hydrogen-bond acceptors (Lipinski definition) is 8. The SMILES string of the molecule is Nc1nc(NCCCN2CCCC2=O)cc(NCCN2CCOCC2)n1. The van der Waals surface area contributed by atoms with Crippen LogP contribution in [0.4, 0.5) is 17.6 Å². The Morgan fingerprint density at radius 1 is 1.08 bits per heavy atom. The molecule has 3 rings (SSSR count). The molecule has 0 unspecified atom stereocenters. The lowest BCUT2D eigenvalue weighted by Crippen LogP contribution is -2.39. The first kappa shape index (κ1) is 18.7. The van der Waals surface area contributed by atoms with Gasteiger partial charge in [-0.2, -0.15) is 9.97 Å². The Bertz CT molecular complexity index is 592. The van der Waals surface area contributed by atoms with Gasteiger partial charge >= 0.3 is 0 Å². The van der Waals surface area contributed by atoms with Crippen molar-refractivity contribution in [3.05, 3.63) is 6.07 Å². The quantitative estimate of drug-likeness (QED) is 0.535. The molecule has 0 spiro atoms. The summed E-state index contributed by atoms with van der Waals surface area (Å²) in [5, 5.41) is 6.58. The van der Waals surface area contributed by atoms with Gasteiger partial charge in [0.15, 0.2) is 0 Å². The van der Waals surface area contributed by atoms with Crippen LogP contribution in [0, 0.1) is 0 Å². The van der Waals surface area contributed by atoms with Crippen LogP contribution in [0.3, 0.4) is 0 Å². The average Bonchev–Trinajstić information content (AvgIpc) is 3.04. The van der Waals surface area contributed by atoms with E-state index < -0.39 is 0 Å². The van der Waals surface area contributed by atoms with Crippen LogP contribution in [0.2, 0.25) is 0 Å². The van der Waals surface area contributed by atoms with Crippen molar-refractivity contribution in [1.82, 2.24) is 19.8 Å². The Labute approximate surface area is 154 Å². The molecular formula is C17H29N7O2. The number of aromatic nitrogens is 2. The molecule has 2 aliphatic rings. The smallest absolute Gasteiger partial charge is 0.223 e. The zero-order chi connectivity index (χ0) is 18.2. The van der Waals surface area contributed by atoms with Gasteiger partial charge in [0.1, 0.15) is 11.6 Å². The summed E-state index contributed by atoms with van der Waals surface area (Å²) >= 11 is 0. The molecule has 2 saturated heterocycles. The van der Waals surface area contributed by atoms with Gasteiger partial charge in [0.25, 0.3) is 0 Å². The van der Waals surface area contributed by atoms with Crippen molar-refractivity contribution in [3.8, 4) is 0 Å². The molecule has 3 heterocycles. The lowest BCUT2D eigenvalue weighted by atomic mass is 10.3. The first-order valence-electron chi connectivity index (χ1n) is 9.41. The maximum Gasteiger partial charge on any atom is 0.223 e. The largest absolute Gasteiger partial charge is 0.379 e. The first-order chi connectivity index (χ1) is 12.7. The summed E-state index contributed by atoms with van der Waals surface area (Å²) in [6, 6.07) is 1.87. The minimum Gasteiger partial charge on any atom is -0.379 e. The van der Waals surface area contributed by atoms with Crippen molar-refractivity contribution in [1.29, 1.82) is 0 Å². The maximum atomic E-state index is 11.6. The number of rotatable bonds is 9. The van der Waals surface area contributed by atoms with Crippen molar-refractivity contribution in [2.45, 2.75) is 19.3 Å². The highest BCUT2D eigenvalue weighted by molar-refractivity contribution is 5.78. The number of anilines is 3. The lowest BCUT2D eigenvalue weighted by molar-refractivity contribution is -0.127. The third-order valence-electron chi connectivity index (χ3n) is 4.66. The number of amides is 1. The standard InChI is InChI=1S/C17H29N7O2/c18-17-21-14(19-4-2-7-24-6-1-3-16(24)25)13-15(22-17)20-5-8-23-9-11-26-12-10-23/h13H,1-12H2,(H4,18,19,20,21,22). The van der Waals surface area contributed by atoms with Gasteiger partial charge in [-0.1, -0.05) is 0 Å². The Kier molecular flexibility index (Phi) is 6.84. The highest BCUT2D eigenvalue weighted by atomic mass is 16.5. The molecule has 0 saturated carbocycles. The molecule has 9 heteroatoms. The number of nitrogen functional groups attached to an aromatic ring is 1. The molecule has 2 fully saturated rings. The average molecular weight is 363 g/mol. The molecule has 0 bridgehead atoms. The minimum atomic E-state index is 0.249. The summed E-state index contributed by atoms with van der Waals surface area (Å²) in [6.45, 7) is 7.71. The maximum absolute atomic E-state index is 11.6. The molecule has 1 aromatic heterocycles. The van der Waals surface area contributed by atoms with E-state index in [-0.39, 0.29) is 11.9 Å². The van der Waals surface area contributed by atoms with E-state index in [1.807, 2.05) is 11.0 Å². The number of ether oxygens (including phenoxy) is 1. The van der Waals surface area contributed by atoms with Crippen LogP contribution in [-0.4, -0.2) is 84.7 Å². The number of nitrogens with zero attached hydrogens (tertiary/aromatic N) is 4. The van der Waals surface area contributed by atoms with Crippen LogP contribution >= 0.6 is 0 Å². The Morgan fingerprint density at radius 2 is 1.81 bits per heavy atom. The van der Waals surface area contributed by atoms with Crippen molar-refractivity contribution in [2.75, 3.05) is 75.4 Å². The third kappa shape index (κ3) is 5.70. The number of hydrogen-bond donors (Lipinski definition) is 3. The number of morpholine rings is 1. The molecule has 0 aliphatic carbocycles. The highest BCUT2D eigenvalue weighted by Gasteiger charge is 2.18. The van der Waals surface area contributed by atoms with E-state index >= 15 is 0 Å². The molecule has 4 N–H and O–H groups in total. The van der Waals surface area contributed by atoms with Crippen LogP contribution in [-0.2, 0) is 9.53 Å². The second-order valence-corrected chi connectivity index (χ2v) is 6.64. The van der Waals surface area contributed by atoms with E-state index in [0.717, 1.165) is 77.7 Å². The Morgan fingerprint density at radius 3 is 2.50 bits per heavy atom. The van der Waals surface area contributed by atoms with Crippen molar-refractivity contribution in [3.63, 3.8) is 0 Å². The van der Waals surface area contributed by atoms with Crippen LogP contribution in [0.25, 0.3) is 0 Å². The topological polar surface area (TPSA) is 109 Å². The summed E-state index contributed by atoms with van der Waals surface area (Å²) < 4.78 is 5.35. The molecule has 0 atom stereocenters. The number of carbonyl (C=O) groups is 1. The van der Waals surface area contributed by atoms with E-state index in [2.05, 4.69) is 25.5 Å². The molecule has 0 aromatic carbocycles. The predicted molar refractivity (Wildman–Crippen MR) is 101 cm³/mol. The van der Waals surface area contributed by atoms with Crippen molar-refractivity contribution >= 4 is 23.5 Å². The van der Waals surface area contributed by atoms with Gasteiger partial charge in [-0.15, -0.1) is 0 Å². The molecular weight excluding hydrogens is 334 g/mol. The Balaban J connectivity index is 1.39. The zero-order valence-corrected chi connectivity index (χ0v) is 15.2. The molecule has 2 aliphatic heterocycles. The summed E-state index contributed by atoms with van der Waals surface area (Å²) in [4.78, 5) is 24.3. The van der Waals surface area contributed by atoms with E-state index in [9.17, 15) is 4.79 Å². The van der Waals surface area contributed by atoms with Gasteiger partial charge in [0.05, 0.1) is 13.2 Å². The second kappa shape index (κ2) is 9.54. The summed E-state index contributed by atoms with van der Waals surface area (Å²) in [5.74, 6) is 1.95. The van der Waals surface area contributed by atoms with Gasteiger partial charge in [-0.05, 0) is 12.8 Å². The van der Waals surface area contributed by atoms with Crippen LogP contribution in [0.1, 0.15) is 19.3 Å². The second-order valence-electron chi connectivity index (χ2n) is 6.64. The van der Waals surface area contributed by atoms with E-state index in [1.54, 1.807) is 0 Å².